The zero-order chi connectivity index (χ0) is 12.1. The number of ketones is 1. The Hall–Kier alpha value is -0.900. The molecule has 1 fully saturated rings. The highest BCUT2D eigenvalue weighted by atomic mass is 16.4. The molecule has 1 aliphatic rings. The number of hydrogen-bond donors (Lipinski definition) is 1. The van der Waals surface area contributed by atoms with Crippen molar-refractivity contribution in [2.24, 2.45) is 0 Å². The van der Waals surface area contributed by atoms with Crippen LogP contribution in [0.1, 0.15) is 46.0 Å². The first-order valence-corrected chi connectivity index (χ1v) is 6.04. The van der Waals surface area contributed by atoms with Crippen LogP contribution in [0.4, 0.5) is 0 Å². The van der Waals surface area contributed by atoms with Crippen LogP contribution in [0.5, 0.6) is 0 Å². The molecule has 1 saturated heterocycles. The Morgan fingerprint density at radius 1 is 1.50 bits per heavy atom. The first-order valence-electron chi connectivity index (χ1n) is 6.04. The summed E-state index contributed by atoms with van der Waals surface area (Å²) in [4.78, 5) is 24.3. The average molecular weight is 227 g/mol. The number of carboxylic acids is 1. The van der Waals surface area contributed by atoms with Crippen molar-refractivity contribution in [3.05, 3.63) is 0 Å². The zero-order valence-corrected chi connectivity index (χ0v) is 10.1. The highest BCUT2D eigenvalue weighted by Gasteiger charge is 2.34. The van der Waals surface area contributed by atoms with Gasteiger partial charge in [-0.3, -0.25) is 14.5 Å². The lowest BCUT2D eigenvalue weighted by Gasteiger charge is -2.29. The molecule has 1 heterocycles. The van der Waals surface area contributed by atoms with Crippen LogP contribution in [0, 0.1) is 0 Å². The Kier molecular flexibility index (Phi) is 4.93. The maximum Gasteiger partial charge on any atom is 0.320 e. The minimum absolute atomic E-state index is 0.144. The van der Waals surface area contributed by atoms with Gasteiger partial charge in [0, 0.05) is 12.5 Å². The van der Waals surface area contributed by atoms with Crippen LogP contribution in [0.3, 0.4) is 0 Å². The van der Waals surface area contributed by atoms with Crippen LogP contribution in [-0.4, -0.2) is 40.4 Å². The minimum atomic E-state index is -0.752. The molecule has 0 saturated carbocycles. The molecular weight excluding hydrogens is 206 g/mol. The van der Waals surface area contributed by atoms with Crippen LogP contribution in [-0.2, 0) is 9.59 Å². The highest BCUT2D eigenvalue weighted by molar-refractivity contribution is 5.77. The predicted octanol–water partition coefficient (Wildman–Crippen LogP) is 1.68. The van der Waals surface area contributed by atoms with Crippen LogP contribution < -0.4 is 0 Å². The van der Waals surface area contributed by atoms with Gasteiger partial charge < -0.3 is 5.11 Å². The third kappa shape index (κ3) is 3.30. The van der Waals surface area contributed by atoms with E-state index in [0.717, 1.165) is 25.8 Å². The van der Waals surface area contributed by atoms with E-state index < -0.39 is 12.0 Å². The van der Waals surface area contributed by atoms with Crippen molar-refractivity contribution in [1.82, 2.24) is 4.90 Å². The second-order valence-corrected chi connectivity index (χ2v) is 4.58. The van der Waals surface area contributed by atoms with E-state index in [9.17, 15) is 14.7 Å². The van der Waals surface area contributed by atoms with Crippen molar-refractivity contribution < 1.29 is 14.7 Å². The third-order valence-electron chi connectivity index (χ3n) is 3.19. The number of rotatable bonds is 6. The van der Waals surface area contributed by atoms with Crippen LogP contribution >= 0.6 is 0 Å². The molecule has 2 unspecified atom stereocenters. The largest absolute Gasteiger partial charge is 0.480 e. The Bertz CT molecular complexity index is 265. The van der Waals surface area contributed by atoms with Gasteiger partial charge in [-0.25, -0.2) is 0 Å². The summed E-state index contributed by atoms with van der Waals surface area (Å²) >= 11 is 0. The minimum Gasteiger partial charge on any atom is -0.480 e. The second kappa shape index (κ2) is 5.99. The van der Waals surface area contributed by atoms with Gasteiger partial charge in [-0.1, -0.05) is 13.3 Å². The fraction of sp³-hybridized carbons (Fsp3) is 0.833. The number of likely N-dealkylation sites (tertiary alicyclic amines) is 1. The van der Waals surface area contributed by atoms with Gasteiger partial charge in [-0.05, 0) is 32.7 Å². The molecule has 0 spiro atoms. The third-order valence-corrected chi connectivity index (χ3v) is 3.19. The first-order chi connectivity index (χ1) is 7.56. The van der Waals surface area contributed by atoms with Gasteiger partial charge in [0.15, 0.2) is 0 Å². The number of hydrogen-bond acceptors (Lipinski definition) is 3. The number of aliphatic carboxylic acids is 1. The normalized spacial score (nSPS) is 23.2. The molecule has 4 nitrogen and oxygen atoms in total. The predicted molar refractivity (Wildman–Crippen MR) is 61.4 cm³/mol. The number of carbonyl (C=O) groups excluding carboxylic acids is 1. The summed E-state index contributed by atoms with van der Waals surface area (Å²) < 4.78 is 0. The molecule has 92 valence electrons. The summed E-state index contributed by atoms with van der Waals surface area (Å²) in [6.07, 6.45) is 3.98. The second-order valence-electron chi connectivity index (χ2n) is 4.58. The summed E-state index contributed by atoms with van der Waals surface area (Å²) in [6.45, 7) is 4.38. The summed E-state index contributed by atoms with van der Waals surface area (Å²) in [5.74, 6) is -0.602. The van der Waals surface area contributed by atoms with E-state index in [-0.39, 0.29) is 11.8 Å². The number of Topliss-reactive ketones (excluding diaryl/α,β-unsaturated/α-hetero) is 1. The molecule has 4 heteroatoms. The Labute approximate surface area is 96.6 Å². The molecule has 0 aromatic rings. The van der Waals surface area contributed by atoms with Crippen LogP contribution in [0.2, 0.25) is 0 Å². The van der Waals surface area contributed by atoms with E-state index in [1.807, 2.05) is 11.8 Å². The summed E-state index contributed by atoms with van der Waals surface area (Å²) in [5.41, 5.74) is 0. The van der Waals surface area contributed by atoms with Crippen molar-refractivity contribution in [1.29, 1.82) is 0 Å². The summed E-state index contributed by atoms with van der Waals surface area (Å²) in [6, 6.07) is -0.262. The van der Waals surface area contributed by atoms with E-state index in [0.29, 0.717) is 12.8 Å². The van der Waals surface area contributed by atoms with E-state index in [2.05, 4.69) is 0 Å². The maximum atomic E-state index is 11.2. The number of carboxylic acid groups (broad SMARTS) is 1. The quantitative estimate of drug-likeness (QED) is 0.750. The molecule has 1 N–H and O–H groups in total. The lowest BCUT2D eigenvalue weighted by atomic mass is 10.1. The van der Waals surface area contributed by atoms with E-state index in [1.165, 1.54) is 0 Å². The van der Waals surface area contributed by atoms with E-state index in [4.69, 9.17) is 0 Å². The molecular formula is C12H21NO3. The molecule has 16 heavy (non-hydrogen) atoms. The fourth-order valence-electron chi connectivity index (χ4n) is 2.52. The number of nitrogens with zero attached hydrogens (tertiary/aromatic N) is 1. The Morgan fingerprint density at radius 3 is 2.69 bits per heavy atom. The van der Waals surface area contributed by atoms with Crippen molar-refractivity contribution in [2.45, 2.75) is 58.0 Å². The van der Waals surface area contributed by atoms with Gasteiger partial charge in [0.05, 0.1) is 0 Å². The molecule has 2 atom stereocenters. The molecule has 0 bridgehead atoms. The van der Waals surface area contributed by atoms with Gasteiger partial charge in [0.25, 0.3) is 0 Å². The first kappa shape index (κ1) is 13.2. The van der Waals surface area contributed by atoms with Crippen molar-refractivity contribution in [3.8, 4) is 0 Å². The molecule has 1 rings (SSSR count). The van der Waals surface area contributed by atoms with Gasteiger partial charge in [0.1, 0.15) is 11.8 Å². The lowest BCUT2D eigenvalue weighted by molar-refractivity contribution is -0.144. The van der Waals surface area contributed by atoms with E-state index >= 15 is 0 Å². The summed E-state index contributed by atoms with van der Waals surface area (Å²) in [5, 5.41) is 9.19. The Morgan fingerprint density at radius 2 is 2.19 bits per heavy atom. The van der Waals surface area contributed by atoms with E-state index in [1.54, 1.807) is 6.92 Å². The fourth-order valence-corrected chi connectivity index (χ4v) is 2.52. The summed E-state index contributed by atoms with van der Waals surface area (Å²) in [7, 11) is 0. The smallest absolute Gasteiger partial charge is 0.320 e. The van der Waals surface area contributed by atoms with Crippen molar-refractivity contribution >= 4 is 11.8 Å². The average Bonchev–Trinajstić information content (AvgIpc) is 2.60. The maximum absolute atomic E-state index is 11.2. The SMILES string of the molecule is CCCC(C(=O)O)N1CCCC1CC(C)=O. The Balaban J connectivity index is 2.66. The van der Waals surface area contributed by atoms with Gasteiger partial charge in [-0.2, -0.15) is 0 Å². The van der Waals surface area contributed by atoms with Gasteiger partial charge in [0.2, 0.25) is 0 Å². The standard InChI is InChI=1S/C12H21NO3/c1-3-5-11(12(15)16)13-7-4-6-10(13)8-9(2)14/h10-11H,3-8H2,1-2H3,(H,15,16). The molecule has 0 aromatic heterocycles. The molecule has 0 radical (unpaired) electrons. The molecule has 0 amide bonds. The molecule has 0 aromatic carbocycles. The van der Waals surface area contributed by atoms with Gasteiger partial charge in [-0.15, -0.1) is 0 Å². The number of carbonyl (C=O) groups is 2. The van der Waals surface area contributed by atoms with Gasteiger partial charge >= 0.3 is 5.97 Å². The van der Waals surface area contributed by atoms with Crippen molar-refractivity contribution in [2.75, 3.05) is 6.54 Å². The topological polar surface area (TPSA) is 57.6 Å². The van der Waals surface area contributed by atoms with Crippen LogP contribution in [0.15, 0.2) is 0 Å². The lowest BCUT2D eigenvalue weighted by Crippen LogP contribution is -2.44. The monoisotopic (exact) mass is 227 g/mol. The van der Waals surface area contributed by atoms with Crippen molar-refractivity contribution in [3.63, 3.8) is 0 Å². The van der Waals surface area contributed by atoms with Crippen LogP contribution in [0.25, 0.3) is 0 Å². The molecule has 1 aliphatic heterocycles. The zero-order valence-electron chi connectivity index (χ0n) is 10.1. The highest BCUT2D eigenvalue weighted by Crippen LogP contribution is 2.24. The molecule has 0 aliphatic carbocycles.